The highest BCUT2D eigenvalue weighted by Gasteiger charge is 2.52. The lowest BCUT2D eigenvalue weighted by molar-refractivity contribution is -0.134. The van der Waals surface area contributed by atoms with Crippen LogP contribution in [0.15, 0.2) is 47.5 Å². The third kappa shape index (κ3) is 7.31. The average Bonchev–Trinajstić information content (AvgIpc) is 3.58. The number of amides is 2. The van der Waals surface area contributed by atoms with Crippen LogP contribution >= 0.6 is 0 Å². The first-order valence-corrected chi connectivity index (χ1v) is 16.0. The summed E-state index contributed by atoms with van der Waals surface area (Å²) in [5, 5.41) is 16.5. The Labute approximate surface area is 265 Å². The number of H-pyrrole nitrogens is 1. The molecule has 2 heterocycles. The van der Waals surface area contributed by atoms with E-state index >= 15 is 0 Å². The molecule has 0 unspecified atom stereocenters. The van der Waals surface area contributed by atoms with Gasteiger partial charge >= 0.3 is 0 Å². The number of aromatic amines is 1. The fourth-order valence-electron chi connectivity index (χ4n) is 6.79. The summed E-state index contributed by atoms with van der Waals surface area (Å²) >= 11 is 0. The average molecular weight is 616 g/mol. The van der Waals surface area contributed by atoms with Gasteiger partial charge in [0, 0.05) is 11.1 Å². The van der Waals surface area contributed by atoms with Crippen LogP contribution in [0.3, 0.4) is 0 Å². The summed E-state index contributed by atoms with van der Waals surface area (Å²) in [6.45, 7) is 15.4. The number of carbonyl (C=O) groups excluding carboxylic acids is 2. The molecule has 2 amide bonds. The Bertz CT molecular complexity index is 1520. The van der Waals surface area contributed by atoms with Crippen LogP contribution in [0.5, 0.6) is 0 Å². The van der Waals surface area contributed by atoms with Gasteiger partial charge in [0.25, 0.3) is 11.8 Å². The van der Waals surface area contributed by atoms with Gasteiger partial charge in [-0.25, -0.2) is 4.39 Å². The first-order chi connectivity index (χ1) is 21.1. The Kier molecular flexibility index (Phi) is 8.97. The van der Waals surface area contributed by atoms with Crippen molar-refractivity contribution in [3.05, 3.63) is 76.4 Å². The maximum Gasteiger partial charge on any atom is 0.275 e. The SMILES string of the molecule is Cc1cc(F)cc(C2=NC3(CCC(C(C)(C)C)CC3)N([C@H](CCC(C)(C)C)c3ccc(C(=O)NCc4nn[nH]n4)cc3)C2=O)c1. The van der Waals surface area contributed by atoms with Crippen molar-refractivity contribution in [1.29, 1.82) is 0 Å². The van der Waals surface area contributed by atoms with Crippen molar-refractivity contribution in [2.24, 2.45) is 21.7 Å². The molecule has 1 aromatic heterocycles. The van der Waals surface area contributed by atoms with Crippen molar-refractivity contribution in [3.63, 3.8) is 0 Å². The molecule has 1 atom stereocenters. The molecular weight excluding hydrogens is 569 g/mol. The van der Waals surface area contributed by atoms with Gasteiger partial charge in [0.05, 0.1) is 12.6 Å². The summed E-state index contributed by atoms with van der Waals surface area (Å²) in [5.74, 6) is 0.135. The number of aliphatic imine (C=N–C) groups is 1. The Morgan fingerprint density at radius 2 is 1.78 bits per heavy atom. The molecule has 0 radical (unpaired) electrons. The molecular formula is C35H46FN7O2. The molecule has 1 spiro atoms. The van der Waals surface area contributed by atoms with E-state index in [0.29, 0.717) is 28.6 Å². The number of halogens is 1. The number of hydrogen-bond donors (Lipinski definition) is 2. The lowest BCUT2D eigenvalue weighted by Crippen LogP contribution is -2.51. The van der Waals surface area contributed by atoms with Gasteiger partial charge in [-0.2, -0.15) is 5.21 Å². The molecule has 2 aromatic carbocycles. The summed E-state index contributed by atoms with van der Waals surface area (Å²) in [4.78, 5) is 34.7. The minimum Gasteiger partial charge on any atom is -0.345 e. The molecule has 1 aliphatic carbocycles. The number of aromatic nitrogens is 4. The maximum absolute atomic E-state index is 14.6. The second kappa shape index (κ2) is 12.4. The van der Waals surface area contributed by atoms with E-state index in [9.17, 15) is 14.0 Å². The largest absolute Gasteiger partial charge is 0.345 e. The highest BCUT2D eigenvalue weighted by Crippen LogP contribution is 2.50. The van der Waals surface area contributed by atoms with E-state index in [2.05, 4.69) is 67.5 Å². The van der Waals surface area contributed by atoms with E-state index in [1.54, 1.807) is 12.1 Å². The van der Waals surface area contributed by atoms with Gasteiger partial charge in [-0.15, -0.1) is 10.2 Å². The number of nitrogens with zero attached hydrogens (tertiary/aromatic N) is 5. The smallest absolute Gasteiger partial charge is 0.275 e. The van der Waals surface area contributed by atoms with Crippen molar-refractivity contribution >= 4 is 17.5 Å². The quantitative estimate of drug-likeness (QED) is 0.292. The number of tetrazole rings is 1. The second-order valence-electron chi connectivity index (χ2n) is 15.0. The summed E-state index contributed by atoms with van der Waals surface area (Å²) < 4.78 is 14.6. The maximum atomic E-state index is 14.6. The van der Waals surface area contributed by atoms with E-state index in [4.69, 9.17) is 4.99 Å². The predicted octanol–water partition coefficient (Wildman–Crippen LogP) is 6.71. The van der Waals surface area contributed by atoms with Gasteiger partial charge in [0.2, 0.25) is 0 Å². The molecule has 0 bridgehead atoms. The summed E-state index contributed by atoms with van der Waals surface area (Å²) in [6, 6.07) is 12.0. The Balaban J connectivity index is 1.51. The molecule has 10 heteroatoms. The Morgan fingerprint density at radius 3 is 2.36 bits per heavy atom. The van der Waals surface area contributed by atoms with Gasteiger partial charge < -0.3 is 10.2 Å². The van der Waals surface area contributed by atoms with Crippen LogP contribution < -0.4 is 5.32 Å². The van der Waals surface area contributed by atoms with E-state index in [1.807, 2.05) is 30.0 Å². The fraction of sp³-hybridized carbons (Fsp3) is 0.543. The molecule has 45 heavy (non-hydrogen) atoms. The number of benzene rings is 2. The summed E-state index contributed by atoms with van der Waals surface area (Å²) in [7, 11) is 0. The zero-order valence-corrected chi connectivity index (χ0v) is 27.6. The summed E-state index contributed by atoms with van der Waals surface area (Å²) in [6.07, 6.45) is 5.02. The molecule has 3 aromatic rings. The molecule has 2 N–H and O–H groups in total. The van der Waals surface area contributed by atoms with Gasteiger partial charge in [0.1, 0.15) is 17.2 Å². The van der Waals surface area contributed by atoms with Crippen molar-refractivity contribution in [1.82, 2.24) is 30.8 Å². The molecule has 2 aliphatic rings. The number of rotatable bonds is 8. The van der Waals surface area contributed by atoms with Crippen LogP contribution in [-0.4, -0.2) is 48.7 Å². The van der Waals surface area contributed by atoms with Crippen LogP contribution in [0.1, 0.15) is 119 Å². The van der Waals surface area contributed by atoms with E-state index in [0.717, 1.165) is 49.7 Å². The summed E-state index contributed by atoms with van der Waals surface area (Å²) in [5.41, 5.74) is 2.55. The van der Waals surface area contributed by atoms with Crippen molar-refractivity contribution < 1.29 is 14.0 Å². The third-order valence-corrected chi connectivity index (χ3v) is 9.35. The van der Waals surface area contributed by atoms with Crippen LogP contribution in [0.2, 0.25) is 0 Å². The van der Waals surface area contributed by atoms with Crippen LogP contribution in [0.25, 0.3) is 0 Å². The standard InChI is InChI=1S/C35H46FN7O2/c1-22-18-25(20-27(36)19-22)30-32(45)43(35(38-30)16-12-26(13-17-35)34(5,6)7)28(14-15-33(2,3)4)23-8-10-24(11-9-23)31(44)37-21-29-39-41-42-40-29/h8-11,18-20,26,28H,12-17,21H2,1-7H3,(H,37,44)(H,39,40,41,42)/t26?,28-,35?/m1/s1. The van der Waals surface area contributed by atoms with E-state index in [-0.39, 0.29) is 41.0 Å². The first kappa shape index (κ1) is 32.4. The first-order valence-electron chi connectivity index (χ1n) is 16.0. The highest BCUT2D eigenvalue weighted by atomic mass is 19.1. The predicted molar refractivity (Wildman–Crippen MR) is 172 cm³/mol. The molecule has 5 rings (SSSR count). The molecule has 240 valence electrons. The zero-order chi connectivity index (χ0) is 32.6. The normalized spacial score (nSPS) is 21.2. The van der Waals surface area contributed by atoms with Gasteiger partial charge in [0.15, 0.2) is 5.82 Å². The Hall–Kier alpha value is -3.95. The van der Waals surface area contributed by atoms with E-state index < -0.39 is 5.66 Å². The number of nitrogens with one attached hydrogen (secondary N) is 2. The fourth-order valence-corrected chi connectivity index (χ4v) is 6.79. The highest BCUT2D eigenvalue weighted by molar-refractivity contribution is 6.46. The van der Waals surface area contributed by atoms with Crippen molar-refractivity contribution in [2.45, 2.75) is 105 Å². The number of hydrogen-bond acceptors (Lipinski definition) is 6. The monoisotopic (exact) mass is 615 g/mol. The molecule has 1 aliphatic heterocycles. The van der Waals surface area contributed by atoms with Gasteiger partial charge in [-0.3, -0.25) is 14.6 Å². The van der Waals surface area contributed by atoms with Gasteiger partial charge in [-0.1, -0.05) is 58.9 Å². The molecule has 9 nitrogen and oxygen atoms in total. The minimum absolute atomic E-state index is 0.0381. The lowest BCUT2D eigenvalue weighted by atomic mass is 9.69. The van der Waals surface area contributed by atoms with Gasteiger partial charge in [-0.05, 0) is 104 Å². The second-order valence-corrected chi connectivity index (χ2v) is 15.0. The Morgan fingerprint density at radius 1 is 1.09 bits per heavy atom. The topological polar surface area (TPSA) is 116 Å². The van der Waals surface area contributed by atoms with E-state index in [1.165, 1.54) is 12.1 Å². The van der Waals surface area contributed by atoms with Crippen molar-refractivity contribution in [2.75, 3.05) is 0 Å². The lowest BCUT2D eigenvalue weighted by Gasteiger charge is -2.47. The third-order valence-electron chi connectivity index (χ3n) is 9.35. The van der Waals surface area contributed by atoms with Crippen molar-refractivity contribution in [3.8, 4) is 0 Å². The number of aryl methyl sites for hydroxylation is 1. The van der Waals surface area contributed by atoms with Crippen LogP contribution in [0.4, 0.5) is 4.39 Å². The number of carbonyl (C=O) groups is 2. The zero-order valence-electron chi connectivity index (χ0n) is 27.6. The molecule has 1 saturated carbocycles. The molecule has 0 saturated heterocycles. The van der Waals surface area contributed by atoms with Crippen LogP contribution in [0, 0.1) is 29.5 Å². The van der Waals surface area contributed by atoms with Crippen LogP contribution in [-0.2, 0) is 11.3 Å². The molecule has 1 fully saturated rings. The minimum atomic E-state index is -0.711.